The predicted molar refractivity (Wildman–Crippen MR) is 67.0 cm³/mol. The number of hydrogen-bond acceptors (Lipinski definition) is 2. The van der Waals surface area contributed by atoms with Crippen LogP contribution < -0.4 is 11.1 Å². The van der Waals surface area contributed by atoms with E-state index in [1.807, 2.05) is 6.92 Å². The van der Waals surface area contributed by atoms with Gasteiger partial charge in [0.05, 0.1) is 0 Å². The molecule has 0 aromatic carbocycles. The van der Waals surface area contributed by atoms with Crippen LogP contribution in [-0.4, -0.2) is 19.0 Å². The lowest BCUT2D eigenvalue weighted by Crippen LogP contribution is -2.36. The van der Waals surface area contributed by atoms with E-state index in [9.17, 15) is 4.79 Å². The Hall–Kier alpha value is -0.570. The molecule has 3 N–H and O–H groups in total. The number of rotatable bonds is 5. The zero-order chi connectivity index (χ0) is 12.0. The predicted octanol–water partition coefficient (Wildman–Crippen LogP) is 1.91. The van der Waals surface area contributed by atoms with Gasteiger partial charge < -0.3 is 11.1 Å². The molecule has 0 aromatic heterocycles. The van der Waals surface area contributed by atoms with E-state index in [4.69, 9.17) is 5.73 Å². The van der Waals surface area contributed by atoms with E-state index in [0.717, 1.165) is 18.9 Å². The fourth-order valence-electron chi connectivity index (χ4n) is 2.48. The molecule has 1 aliphatic rings. The minimum Gasteiger partial charge on any atom is -0.356 e. The first kappa shape index (κ1) is 13.5. The molecular formula is C13H26N2O. The lowest BCUT2D eigenvalue weighted by molar-refractivity contribution is -0.124. The third-order valence-electron chi connectivity index (χ3n) is 3.87. The Balaban J connectivity index is 2.24. The first-order valence-corrected chi connectivity index (χ1v) is 6.63. The van der Waals surface area contributed by atoms with Crippen molar-refractivity contribution in [3.63, 3.8) is 0 Å². The third kappa shape index (κ3) is 4.12. The molecule has 3 nitrogen and oxygen atoms in total. The van der Waals surface area contributed by atoms with Crippen LogP contribution in [0.4, 0.5) is 0 Å². The summed E-state index contributed by atoms with van der Waals surface area (Å²) in [5, 5.41) is 3.07. The van der Waals surface area contributed by atoms with Gasteiger partial charge in [-0.25, -0.2) is 0 Å². The van der Waals surface area contributed by atoms with Crippen LogP contribution >= 0.6 is 0 Å². The molecule has 3 heteroatoms. The Bertz CT molecular complexity index is 218. The highest BCUT2D eigenvalue weighted by atomic mass is 16.1. The van der Waals surface area contributed by atoms with Gasteiger partial charge in [-0.15, -0.1) is 0 Å². The Kier molecular flexibility index (Phi) is 5.81. The van der Waals surface area contributed by atoms with Gasteiger partial charge in [-0.2, -0.15) is 0 Å². The van der Waals surface area contributed by atoms with Gasteiger partial charge in [0, 0.05) is 12.5 Å². The number of nitrogens with one attached hydrogen (secondary N) is 1. The van der Waals surface area contributed by atoms with Gasteiger partial charge in [-0.1, -0.05) is 33.1 Å². The van der Waals surface area contributed by atoms with Gasteiger partial charge in [0.2, 0.25) is 5.91 Å². The molecule has 0 bridgehead atoms. The molecule has 0 spiro atoms. The molecule has 3 atom stereocenters. The molecule has 1 saturated carbocycles. The number of carbonyl (C=O) groups excluding carboxylic acids is 1. The Labute approximate surface area is 99.2 Å². The second-order valence-electron chi connectivity index (χ2n) is 5.25. The van der Waals surface area contributed by atoms with E-state index >= 15 is 0 Å². The number of hydrogen-bond donors (Lipinski definition) is 2. The van der Waals surface area contributed by atoms with Crippen molar-refractivity contribution in [2.24, 2.45) is 23.5 Å². The highest BCUT2D eigenvalue weighted by Gasteiger charge is 2.22. The fourth-order valence-corrected chi connectivity index (χ4v) is 2.48. The molecule has 3 unspecified atom stereocenters. The van der Waals surface area contributed by atoms with E-state index in [-0.39, 0.29) is 11.8 Å². The van der Waals surface area contributed by atoms with Gasteiger partial charge in [0.15, 0.2) is 0 Å². The summed E-state index contributed by atoms with van der Waals surface area (Å²) < 4.78 is 0. The Morgan fingerprint density at radius 2 is 2.12 bits per heavy atom. The summed E-state index contributed by atoms with van der Waals surface area (Å²) in [4.78, 5) is 11.7. The standard InChI is InChI=1S/C13H26N2O/c1-10-5-3-4-6-12(10)9-15-13(16)11(2)7-8-14/h10-12H,3-9,14H2,1-2H3,(H,15,16). The van der Waals surface area contributed by atoms with Crippen LogP contribution in [0, 0.1) is 17.8 Å². The number of nitrogens with two attached hydrogens (primary N) is 1. The number of amides is 1. The molecule has 1 fully saturated rings. The van der Waals surface area contributed by atoms with Crippen LogP contribution in [0.1, 0.15) is 46.0 Å². The minimum absolute atomic E-state index is 0.0592. The second kappa shape index (κ2) is 6.89. The average molecular weight is 226 g/mol. The largest absolute Gasteiger partial charge is 0.356 e. The summed E-state index contributed by atoms with van der Waals surface area (Å²) in [6.07, 6.45) is 6.05. The van der Waals surface area contributed by atoms with E-state index in [1.54, 1.807) is 0 Å². The smallest absolute Gasteiger partial charge is 0.222 e. The van der Waals surface area contributed by atoms with Crippen molar-refractivity contribution in [1.29, 1.82) is 0 Å². The van der Waals surface area contributed by atoms with E-state index in [2.05, 4.69) is 12.2 Å². The van der Waals surface area contributed by atoms with Crippen molar-refractivity contribution >= 4 is 5.91 Å². The van der Waals surface area contributed by atoms with Crippen LogP contribution in [0.2, 0.25) is 0 Å². The second-order valence-corrected chi connectivity index (χ2v) is 5.25. The maximum Gasteiger partial charge on any atom is 0.222 e. The van der Waals surface area contributed by atoms with Gasteiger partial charge in [-0.3, -0.25) is 4.79 Å². The van der Waals surface area contributed by atoms with Crippen molar-refractivity contribution in [3.8, 4) is 0 Å². The van der Waals surface area contributed by atoms with Crippen molar-refractivity contribution in [3.05, 3.63) is 0 Å². The normalized spacial score (nSPS) is 27.4. The summed E-state index contributed by atoms with van der Waals surface area (Å²) in [6, 6.07) is 0. The summed E-state index contributed by atoms with van der Waals surface area (Å²) in [6.45, 7) is 5.70. The summed E-state index contributed by atoms with van der Waals surface area (Å²) >= 11 is 0. The zero-order valence-corrected chi connectivity index (χ0v) is 10.7. The first-order chi connectivity index (χ1) is 7.65. The summed E-state index contributed by atoms with van der Waals surface area (Å²) in [5.41, 5.74) is 5.45. The van der Waals surface area contributed by atoms with Gasteiger partial charge >= 0.3 is 0 Å². The van der Waals surface area contributed by atoms with Crippen LogP contribution in [0.25, 0.3) is 0 Å². The topological polar surface area (TPSA) is 55.1 Å². The van der Waals surface area contributed by atoms with Gasteiger partial charge in [-0.05, 0) is 31.2 Å². The summed E-state index contributed by atoms with van der Waals surface area (Å²) in [7, 11) is 0. The maximum atomic E-state index is 11.7. The van der Waals surface area contributed by atoms with Gasteiger partial charge in [0.1, 0.15) is 0 Å². The van der Waals surface area contributed by atoms with Crippen LogP contribution in [0.3, 0.4) is 0 Å². The third-order valence-corrected chi connectivity index (χ3v) is 3.87. The van der Waals surface area contributed by atoms with E-state index in [0.29, 0.717) is 12.5 Å². The zero-order valence-electron chi connectivity index (χ0n) is 10.7. The molecule has 0 heterocycles. The molecule has 0 radical (unpaired) electrons. The molecule has 0 saturated heterocycles. The number of carbonyl (C=O) groups is 1. The summed E-state index contributed by atoms with van der Waals surface area (Å²) in [5.74, 6) is 1.67. The van der Waals surface area contributed by atoms with E-state index in [1.165, 1.54) is 25.7 Å². The fraction of sp³-hybridized carbons (Fsp3) is 0.923. The molecule has 1 rings (SSSR count). The lowest BCUT2D eigenvalue weighted by atomic mass is 9.80. The minimum atomic E-state index is 0.0592. The lowest BCUT2D eigenvalue weighted by Gasteiger charge is -2.29. The Morgan fingerprint density at radius 1 is 1.44 bits per heavy atom. The molecule has 0 aliphatic heterocycles. The molecular weight excluding hydrogens is 200 g/mol. The van der Waals surface area contributed by atoms with Crippen molar-refractivity contribution in [2.45, 2.75) is 46.0 Å². The molecule has 1 aliphatic carbocycles. The molecule has 0 aromatic rings. The molecule has 1 amide bonds. The molecule has 16 heavy (non-hydrogen) atoms. The first-order valence-electron chi connectivity index (χ1n) is 6.63. The van der Waals surface area contributed by atoms with Gasteiger partial charge in [0.25, 0.3) is 0 Å². The SMILES string of the molecule is CC(CCN)C(=O)NCC1CCCCC1C. The van der Waals surface area contributed by atoms with Crippen LogP contribution in [0.15, 0.2) is 0 Å². The van der Waals surface area contributed by atoms with Crippen LogP contribution in [-0.2, 0) is 4.79 Å². The molecule has 94 valence electrons. The maximum absolute atomic E-state index is 11.7. The van der Waals surface area contributed by atoms with E-state index < -0.39 is 0 Å². The highest BCUT2D eigenvalue weighted by molar-refractivity contribution is 5.78. The van der Waals surface area contributed by atoms with Crippen LogP contribution in [0.5, 0.6) is 0 Å². The van der Waals surface area contributed by atoms with Crippen molar-refractivity contribution in [2.75, 3.05) is 13.1 Å². The quantitative estimate of drug-likeness (QED) is 0.752. The average Bonchev–Trinajstić information content (AvgIpc) is 2.28. The van der Waals surface area contributed by atoms with Crippen molar-refractivity contribution in [1.82, 2.24) is 5.32 Å². The highest BCUT2D eigenvalue weighted by Crippen LogP contribution is 2.28. The van der Waals surface area contributed by atoms with Crippen molar-refractivity contribution < 1.29 is 4.79 Å². The Morgan fingerprint density at radius 3 is 2.75 bits per heavy atom. The monoisotopic (exact) mass is 226 g/mol.